The number of ether oxygens (including phenoxy) is 2. The molecule has 0 amide bonds. The van der Waals surface area contributed by atoms with Gasteiger partial charge in [-0.2, -0.15) is 0 Å². The monoisotopic (exact) mass is 1190 g/mol. The van der Waals surface area contributed by atoms with Crippen molar-refractivity contribution in [2.75, 3.05) is 9.80 Å². The van der Waals surface area contributed by atoms with Crippen molar-refractivity contribution in [2.24, 2.45) is 0 Å². The molecule has 4 aliphatic heterocycles. The van der Waals surface area contributed by atoms with E-state index in [0.717, 1.165) is 22.3 Å². The van der Waals surface area contributed by atoms with Crippen LogP contribution in [0.2, 0.25) is 0 Å². The van der Waals surface area contributed by atoms with Gasteiger partial charge < -0.3 is 19.3 Å². The van der Waals surface area contributed by atoms with E-state index in [0.29, 0.717) is 67.2 Å². The molecule has 16 rings (SSSR count). The second kappa shape index (κ2) is 21.0. The molecule has 0 saturated carbocycles. The minimum atomic E-state index is -1.62. The first kappa shape index (κ1) is 41.2. The summed E-state index contributed by atoms with van der Waals surface area (Å²) in [5, 5.41) is 0. The Hall–Kier alpha value is -10.1. The van der Waals surface area contributed by atoms with Gasteiger partial charge in [-0.25, -0.2) is 4.39 Å². The topological polar surface area (TPSA) is 24.9 Å². The van der Waals surface area contributed by atoms with Crippen molar-refractivity contribution in [3.8, 4) is 78.6 Å². The van der Waals surface area contributed by atoms with Crippen LogP contribution >= 0.6 is 0 Å². The molecule has 0 aromatic heterocycles. The number of rotatable bonds is 7. The molecule has 12 aromatic rings. The summed E-state index contributed by atoms with van der Waals surface area (Å²) in [5.74, 6) is -2.78. The molecule has 0 bridgehead atoms. The Morgan fingerprint density at radius 2 is 0.758 bits per heavy atom. The van der Waals surface area contributed by atoms with Crippen LogP contribution in [0.4, 0.5) is 38.5 Å². The maximum Gasteiger partial charge on any atom is 0.260 e. The largest absolute Gasteiger partial charge is 0.459 e. The smallest absolute Gasteiger partial charge is 0.260 e. The van der Waals surface area contributed by atoms with Gasteiger partial charge in [0.2, 0.25) is 0 Å². The Morgan fingerprint density at radius 1 is 0.352 bits per heavy atom. The third-order valence-electron chi connectivity index (χ3n) is 18.1. The first-order valence-corrected chi connectivity index (χ1v) is 30.7. The second-order valence-corrected chi connectivity index (χ2v) is 26.9. The number of anilines is 6. The van der Waals surface area contributed by atoms with E-state index in [4.69, 9.17) is 15.0 Å². The minimum Gasteiger partial charge on any atom is -0.459 e. The van der Waals surface area contributed by atoms with Crippen LogP contribution in [0.15, 0.2) is 254 Å². The van der Waals surface area contributed by atoms with Gasteiger partial charge in [0.1, 0.15) is 28.8 Å². The number of benzene rings is 12. The molecule has 440 valence electrons. The van der Waals surface area contributed by atoms with Gasteiger partial charge in [-0.1, -0.05) is 256 Å². The predicted octanol–water partition coefficient (Wildman–Crippen LogP) is 18.9. The number of hydrogen-bond acceptors (Lipinski definition) is 4. The average Bonchev–Trinajstić information content (AvgIpc) is 0.663. The maximum absolute atomic E-state index is 19.5. The Kier molecular flexibility index (Phi) is 9.52. The summed E-state index contributed by atoms with van der Waals surface area (Å²) >= 11 is 0. The molecular weight excluding hydrogens is 1110 g/mol. The van der Waals surface area contributed by atoms with Crippen molar-refractivity contribution in [3.63, 3.8) is 0 Å². The molecule has 0 saturated heterocycles. The summed E-state index contributed by atoms with van der Waals surface area (Å²) < 4.78 is 190. The standard InChI is InChI=1S/C84H69B2FN2O2/c1-82(2,3)57-43-61(53-31-17-11-18-32-53)79(62(44-57)54-33-19-12-20-34-54)88-69-50-68(87)60(52-29-15-10-16-30-52)49-67(69)86-76-70(88)47-59(84(7,8)9)48-71(76)89(80-63(55-35-21-13-22-36-55)45-58(83(4,5)6)46-64(80)56-37-23-14-24-38-56)72-51-75-78-81(77(72)86)91-74-42-28-26-40-66(74)85(78)65-39-25-27-41-73(65)90-75/h10-51H,1-9H3/i10D,15D,16D,25D,26D,27D,28D,29D,30D,39D,40D,41D,42D,49D,50D,51D. The van der Waals surface area contributed by atoms with Crippen molar-refractivity contribution in [3.05, 3.63) is 277 Å². The van der Waals surface area contributed by atoms with Crippen LogP contribution in [0.3, 0.4) is 0 Å². The molecule has 7 heteroatoms. The zero-order valence-corrected chi connectivity index (χ0v) is 51.8. The fourth-order valence-electron chi connectivity index (χ4n) is 13.6. The van der Waals surface area contributed by atoms with E-state index in [-0.39, 0.29) is 50.2 Å². The molecule has 0 atom stereocenters. The van der Waals surface area contributed by atoms with Gasteiger partial charge in [-0.3, -0.25) is 0 Å². The van der Waals surface area contributed by atoms with Gasteiger partial charge in [0.05, 0.1) is 33.3 Å². The molecule has 91 heavy (non-hydrogen) atoms. The molecule has 0 spiro atoms. The third kappa shape index (κ3) is 9.17. The van der Waals surface area contributed by atoms with Crippen molar-refractivity contribution in [1.82, 2.24) is 0 Å². The molecule has 0 unspecified atom stereocenters. The Morgan fingerprint density at radius 3 is 1.21 bits per heavy atom. The molecule has 0 fully saturated rings. The number of fused-ring (bicyclic) bond motifs is 9. The van der Waals surface area contributed by atoms with Crippen LogP contribution in [0.5, 0.6) is 23.0 Å². The van der Waals surface area contributed by atoms with Crippen molar-refractivity contribution >= 4 is 80.3 Å². The van der Waals surface area contributed by atoms with E-state index in [2.05, 4.69) is 65.8 Å². The van der Waals surface area contributed by atoms with E-state index in [9.17, 15) is 16.4 Å². The molecule has 0 aliphatic carbocycles. The zero-order chi connectivity index (χ0) is 76.2. The van der Waals surface area contributed by atoms with Crippen LogP contribution in [0.25, 0.3) is 55.6 Å². The summed E-state index contributed by atoms with van der Waals surface area (Å²) in [6.45, 7) is 15.6. The van der Waals surface area contributed by atoms with E-state index in [1.807, 2.05) is 164 Å². The van der Waals surface area contributed by atoms with Crippen LogP contribution in [-0.4, -0.2) is 13.4 Å². The van der Waals surface area contributed by atoms with Gasteiger partial charge in [0, 0.05) is 62.1 Å². The highest BCUT2D eigenvalue weighted by Crippen LogP contribution is 2.56. The number of nitrogens with zero attached hydrogens (tertiary/aromatic N) is 2. The van der Waals surface area contributed by atoms with Crippen molar-refractivity contribution < 1.29 is 35.8 Å². The fourth-order valence-corrected chi connectivity index (χ4v) is 13.6. The van der Waals surface area contributed by atoms with Gasteiger partial charge in [-0.05, 0) is 143 Å². The molecule has 4 heterocycles. The Balaban J connectivity index is 1.21. The lowest BCUT2D eigenvalue weighted by molar-refractivity contribution is 0.467. The van der Waals surface area contributed by atoms with Gasteiger partial charge >= 0.3 is 0 Å². The Labute approximate surface area is 557 Å². The number of hydrogen-bond donors (Lipinski definition) is 0. The van der Waals surface area contributed by atoms with E-state index in [1.165, 1.54) is 0 Å². The van der Waals surface area contributed by atoms with Crippen LogP contribution in [-0.2, 0) is 16.2 Å². The zero-order valence-electron chi connectivity index (χ0n) is 67.8. The summed E-state index contributed by atoms with van der Waals surface area (Å²) in [6, 6.07) is 39.8. The SMILES string of the molecule is [2H]c1c([2H])c([2H])c(-c2c([2H])c3c(c([2H])c2F)N(c2c(-c4ccccc4)cc(C(C)(C)C)cc2-c2ccccc2)c2cc(C(C)(C)C)cc4c2B3c2c3c5c(c([2H])c2N4c2c(-c4ccccc4)cc(C(C)(C)C)cc2-c2ccccc2)Oc2c([2H])c([2H])c([2H])c([2H])c2B5c2c([2H])c([2H])c([2H])c([2H])c2O3)c([2H])c1[2H]. The lowest BCUT2D eigenvalue weighted by Crippen LogP contribution is -2.65. The second-order valence-electron chi connectivity index (χ2n) is 26.9. The quantitative estimate of drug-likeness (QED) is 0.149. The van der Waals surface area contributed by atoms with E-state index < -0.39 is 155 Å². The third-order valence-corrected chi connectivity index (χ3v) is 18.1. The summed E-state index contributed by atoms with van der Waals surface area (Å²) in [6.07, 6.45) is 0. The van der Waals surface area contributed by atoms with E-state index >= 15 is 4.39 Å². The molecule has 4 aliphatic rings. The molecular formula is C84H69B2FN2O2. The predicted molar refractivity (Wildman–Crippen MR) is 381 cm³/mol. The normalized spacial score (nSPS) is 15.9. The average molecular weight is 1200 g/mol. The van der Waals surface area contributed by atoms with Crippen molar-refractivity contribution in [2.45, 2.75) is 78.6 Å². The molecule has 0 N–H and O–H groups in total. The summed E-state index contributed by atoms with van der Waals surface area (Å²) in [4.78, 5) is 3.81. The van der Waals surface area contributed by atoms with E-state index in [1.54, 1.807) is 0 Å². The van der Waals surface area contributed by atoms with Crippen LogP contribution in [0, 0.1) is 5.82 Å². The highest BCUT2D eigenvalue weighted by Gasteiger charge is 2.52. The molecule has 0 radical (unpaired) electrons. The highest BCUT2D eigenvalue weighted by atomic mass is 19.1. The number of halogens is 1. The maximum atomic E-state index is 19.5. The van der Waals surface area contributed by atoms with Crippen LogP contribution in [0.1, 0.15) is 101 Å². The highest BCUT2D eigenvalue weighted by molar-refractivity contribution is 7.03. The van der Waals surface area contributed by atoms with Gasteiger partial charge in [0.25, 0.3) is 13.4 Å². The van der Waals surface area contributed by atoms with Gasteiger partial charge in [0.15, 0.2) is 0 Å². The lowest BCUT2D eigenvalue weighted by atomic mass is 9.30. The lowest BCUT2D eigenvalue weighted by Gasteiger charge is -2.48. The first-order valence-electron chi connectivity index (χ1n) is 38.7. The first-order chi connectivity index (χ1) is 50.6. The molecule has 12 aromatic carbocycles. The van der Waals surface area contributed by atoms with Gasteiger partial charge in [-0.15, -0.1) is 0 Å². The van der Waals surface area contributed by atoms with Crippen LogP contribution < -0.4 is 52.1 Å². The fraction of sp³-hybridized carbons (Fsp3) is 0.143. The summed E-state index contributed by atoms with van der Waals surface area (Å²) in [7, 11) is 0. The molecule has 4 nitrogen and oxygen atoms in total. The summed E-state index contributed by atoms with van der Waals surface area (Å²) in [5.41, 5.74) is 5.67. The number of para-hydroxylation sites is 2. The van der Waals surface area contributed by atoms with Crippen molar-refractivity contribution in [1.29, 1.82) is 0 Å². The Bertz CT molecular complexity index is 5720. The minimum absolute atomic E-state index is 0.00180.